The van der Waals surface area contributed by atoms with Crippen LogP contribution in [0.4, 0.5) is 0 Å². The average Bonchev–Trinajstić information content (AvgIpc) is 2.36. The monoisotopic (exact) mass is 168 g/mol. The number of hydrogen-bond acceptors (Lipinski definition) is 2. The first kappa shape index (κ1) is 7.32. The van der Waals surface area contributed by atoms with E-state index in [2.05, 4.69) is 11.4 Å². The molecule has 1 saturated carbocycles. The van der Waals surface area contributed by atoms with Gasteiger partial charge in [0.2, 0.25) is 0 Å². The largest absolute Gasteiger partial charge is 0.390 e. The quantitative estimate of drug-likeness (QED) is 0.717. The van der Waals surface area contributed by atoms with E-state index in [1.165, 1.54) is 11.3 Å². The summed E-state index contributed by atoms with van der Waals surface area (Å²) >= 11 is 1.74. The molecule has 0 aliphatic heterocycles. The minimum absolute atomic E-state index is 0.342. The molecule has 60 valence electrons. The van der Waals surface area contributed by atoms with E-state index in [-0.39, 0.29) is 5.60 Å². The summed E-state index contributed by atoms with van der Waals surface area (Å²) in [6, 6.07) is 4.14. The second-order valence-corrected chi connectivity index (χ2v) is 4.37. The molecule has 0 saturated heterocycles. The Labute approximate surface area is 70.7 Å². The zero-order valence-electron chi connectivity index (χ0n) is 6.42. The van der Waals surface area contributed by atoms with Crippen LogP contribution in [-0.2, 0) is 6.42 Å². The highest BCUT2D eigenvalue weighted by Crippen LogP contribution is 2.35. The number of hydrogen-bond donors (Lipinski definition) is 1. The van der Waals surface area contributed by atoms with E-state index in [1.54, 1.807) is 11.3 Å². The molecule has 0 amide bonds. The first-order valence-electron chi connectivity index (χ1n) is 4.03. The van der Waals surface area contributed by atoms with Crippen molar-refractivity contribution in [2.24, 2.45) is 0 Å². The van der Waals surface area contributed by atoms with Crippen molar-refractivity contribution in [2.75, 3.05) is 0 Å². The van der Waals surface area contributed by atoms with E-state index in [0.29, 0.717) is 0 Å². The predicted molar refractivity (Wildman–Crippen MR) is 46.8 cm³/mol. The smallest absolute Gasteiger partial charge is 0.0695 e. The van der Waals surface area contributed by atoms with E-state index in [1.807, 2.05) is 6.07 Å². The van der Waals surface area contributed by atoms with Crippen LogP contribution in [0, 0.1) is 0 Å². The van der Waals surface area contributed by atoms with Crippen LogP contribution in [0.1, 0.15) is 24.1 Å². The number of rotatable bonds is 2. The Morgan fingerprint density at radius 3 is 2.82 bits per heavy atom. The molecule has 0 atom stereocenters. The maximum atomic E-state index is 9.79. The fourth-order valence-corrected chi connectivity index (χ4v) is 2.34. The van der Waals surface area contributed by atoms with Gasteiger partial charge in [-0.1, -0.05) is 6.07 Å². The van der Waals surface area contributed by atoms with Crippen molar-refractivity contribution < 1.29 is 5.11 Å². The van der Waals surface area contributed by atoms with Gasteiger partial charge in [-0.05, 0) is 30.7 Å². The van der Waals surface area contributed by atoms with Gasteiger partial charge >= 0.3 is 0 Å². The Morgan fingerprint density at radius 1 is 1.55 bits per heavy atom. The van der Waals surface area contributed by atoms with Gasteiger partial charge in [0.1, 0.15) is 0 Å². The van der Waals surface area contributed by atoms with Crippen molar-refractivity contribution in [1.29, 1.82) is 0 Å². The normalized spacial score (nSPS) is 21.2. The highest BCUT2D eigenvalue weighted by molar-refractivity contribution is 7.09. The van der Waals surface area contributed by atoms with Crippen molar-refractivity contribution in [3.05, 3.63) is 22.4 Å². The van der Waals surface area contributed by atoms with Gasteiger partial charge in [-0.3, -0.25) is 0 Å². The van der Waals surface area contributed by atoms with Crippen molar-refractivity contribution >= 4 is 11.3 Å². The SMILES string of the molecule is OC1(Cc2cccs2)CCC1. The zero-order valence-corrected chi connectivity index (χ0v) is 7.23. The summed E-state index contributed by atoms with van der Waals surface area (Å²) in [4.78, 5) is 1.31. The molecule has 2 heteroatoms. The molecule has 0 aromatic carbocycles. The van der Waals surface area contributed by atoms with E-state index in [9.17, 15) is 5.11 Å². The lowest BCUT2D eigenvalue weighted by Gasteiger charge is -2.36. The molecule has 2 rings (SSSR count). The number of thiophene rings is 1. The molecule has 1 fully saturated rings. The molecule has 0 bridgehead atoms. The second-order valence-electron chi connectivity index (χ2n) is 3.33. The second kappa shape index (κ2) is 2.61. The third-order valence-electron chi connectivity index (χ3n) is 2.37. The van der Waals surface area contributed by atoms with Crippen LogP contribution in [0.2, 0.25) is 0 Å². The summed E-state index contributed by atoms with van der Waals surface area (Å²) < 4.78 is 0. The minimum atomic E-state index is -0.342. The van der Waals surface area contributed by atoms with Crippen LogP contribution in [0.25, 0.3) is 0 Å². The summed E-state index contributed by atoms with van der Waals surface area (Å²) in [6.07, 6.45) is 4.04. The summed E-state index contributed by atoms with van der Waals surface area (Å²) in [5.74, 6) is 0. The average molecular weight is 168 g/mol. The van der Waals surface area contributed by atoms with Crippen LogP contribution in [-0.4, -0.2) is 10.7 Å². The third kappa shape index (κ3) is 1.47. The molecule has 1 nitrogen and oxygen atoms in total. The van der Waals surface area contributed by atoms with Gasteiger partial charge in [-0.25, -0.2) is 0 Å². The van der Waals surface area contributed by atoms with Crippen LogP contribution in [0.5, 0.6) is 0 Å². The van der Waals surface area contributed by atoms with E-state index in [0.717, 1.165) is 19.3 Å². The maximum absolute atomic E-state index is 9.79. The van der Waals surface area contributed by atoms with E-state index >= 15 is 0 Å². The first-order chi connectivity index (χ1) is 5.29. The van der Waals surface area contributed by atoms with Gasteiger partial charge in [0.15, 0.2) is 0 Å². The lowest BCUT2D eigenvalue weighted by molar-refractivity contribution is -0.0316. The highest BCUT2D eigenvalue weighted by atomic mass is 32.1. The van der Waals surface area contributed by atoms with E-state index in [4.69, 9.17) is 0 Å². The Kier molecular flexibility index (Phi) is 1.74. The first-order valence-corrected chi connectivity index (χ1v) is 4.91. The molecule has 1 heterocycles. The summed E-state index contributed by atoms with van der Waals surface area (Å²) in [7, 11) is 0. The summed E-state index contributed by atoms with van der Waals surface area (Å²) in [6.45, 7) is 0. The lowest BCUT2D eigenvalue weighted by atomic mass is 9.77. The molecule has 1 aliphatic carbocycles. The van der Waals surface area contributed by atoms with Crippen molar-refractivity contribution in [3.63, 3.8) is 0 Å². The highest BCUT2D eigenvalue weighted by Gasteiger charge is 2.34. The van der Waals surface area contributed by atoms with Crippen LogP contribution >= 0.6 is 11.3 Å². The van der Waals surface area contributed by atoms with Gasteiger partial charge < -0.3 is 5.11 Å². The van der Waals surface area contributed by atoms with Gasteiger partial charge in [0, 0.05) is 11.3 Å². The molecule has 0 spiro atoms. The minimum Gasteiger partial charge on any atom is -0.390 e. The lowest BCUT2D eigenvalue weighted by Crippen LogP contribution is -2.38. The molecule has 1 N–H and O–H groups in total. The molecule has 0 unspecified atom stereocenters. The molecular weight excluding hydrogens is 156 g/mol. The Bertz CT molecular complexity index is 224. The fourth-order valence-electron chi connectivity index (χ4n) is 1.50. The van der Waals surface area contributed by atoms with Crippen LogP contribution in [0.15, 0.2) is 17.5 Å². The van der Waals surface area contributed by atoms with E-state index < -0.39 is 0 Å². The van der Waals surface area contributed by atoms with Crippen LogP contribution in [0.3, 0.4) is 0 Å². The van der Waals surface area contributed by atoms with Gasteiger partial charge in [-0.15, -0.1) is 11.3 Å². The van der Waals surface area contributed by atoms with Crippen molar-refractivity contribution in [3.8, 4) is 0 Å². The Balaban J connectivity index is 2.00. The number of aliphatic hydroxyl groups is 1. The standard InChI is InChI=1S/C9H12OS/c10-9(4-2-5-9)7-8-3-1-6-11-8/h1,3,6,10H,2,4-5,7H2. The molecule has 1 aromatic heterocycles. The zero-order chi connectivity index (χ0) is 7.73. The van der Waals surface area contributed by atoms with Crippen molar-refractivity contribution in [1.82, 2.24) is 0 Å². The topological polar surface area (TPSA) is 20.2 Å². The van der Waals surface area contributed by atoms with Gasteiger partial charge in [0.05, 0.1) is 5.60 Å². The summed E-state index contributed by atoms with van der Waals surface area (Å²) in [5, 5.41) is 11.9. The molecule has 1 aromatic rings. The summed E-state index contributed by atoms with van der Waals surface area (Å²) in [5.41, 5.74) is -0.342. The molecule has 11 heavy (non-hydrogen) atoms. The fraction of sp³-hybridized carbons (Fsp3) is 0.556. The molecular formula is C9H12OS. The maximum Gasteiger partial charge on any atom is 0.0695 e. The molecule has 1 aliphatic rings. The van der Waals surface area contributed by atoms with Crippen molar-refractivity contribution in [2.45, 2.75) is 31.3 Å². The van der Waals surface area contributed by atoms with Gasteiger partial charge in [-0.2, -0.15) is 0 Å². The van der Waals surface area contributed by atoms with Gasteiger partial charge in [0.25, 0.3) is 0 Å². The Hall–Kier alpha value is -0.340. The Morgan fingerprint density at radius 2 is 2.36 bits per heavy atom. The third-order valence-corrected chi connectivity index (χ3v) is 3.24. The van der Waals surface area contributed by atoms with Crippen LogP contribution < -0.4 is 0 Å². The molecule has 0 radical (unpaired) electrons. The predicted octanol–water partition coefficient (Wildman–Crippen LogP) is 2.21.